The van der Waals surface area contributed by atoms with Gasteiger partial charge in [-0.15, -0.1) is 0 Å². The Morgan fingerprint density at radius 2 is 2.05 bits per heavy atom. The fourth-order valence-corrected chi connectivity index (χ4v) is 3.57. The maximum absolute atomic E-state index is 12.5. The van der Waals surface area contributed by atoms with Crippen LogP contribution in [0.5, 0.6) is 0 Å². The van der Waals surface area contributed by atoms with Gasteiger partial charge in [0.2, 0.25) is 10.0 Å². The highest BCUT2D eigenvalue weighted by atomic mass is 32.2. The molecule has 6 heteroatoms. The van der Waals surface area contributed by atoms with E-state index in [0.717, 1.165) is 0 Å². The largest absolute Gasteiger partial charge is 0.395 e. The summed E-state index contributed by atoms with van der Waals surface area (Å²) in [5, 5.41) is 17.9. The molecule has 1 rings (SSSR count). The van der Waals surface area contributed by atoms with Crippen LogP contribution >= 0.6 is 0 Å². The Kier molecular flexibility index (Phi) is 5.48. The molecule has 104 valence electrons. The van der Waals surface area contributed by atoms with Gasteiger partial charge in [0, 0.05) is 13.1 Å². The minimum atomic E-state index is -3.67. The van der Waals surface area contributed by atoms with Crippen LogP contribution in [0.3, 0.4) is 0 Å². The van der Waals surface area contributed by atoms with E-state index in [9.17, 15) is 8.42 Å². The van der Waals surface area contributed by atoms with Gasteiger partial charge in [-0.3, -0.25) is 0 Å². The summed E-state index contributed by atoms with van der Waals surface area (Å²) in [6.45, 7) is 3.75. The number of hydrogen-bond donors (Lipinski definition) is 1. The van der Waals surface area contributed by atoms with Crippen LogP contribution in [-0.4, -0.2) is 37.5 Å². The summed E-state index contributed by atoms with van der Waals surface area (Å²) in [5.41, 5.74) is 0.905. The first-order valence-corrected chi connectivity index (χ1v) is 7.53. The van der Waals surface area contributed by atoms with Crippen molar-refractivity contribution in [2.75, 3.05) is 19.7 Å². The first-order valence-electron chi connectivity index (χ1n) is 6.09. The molecular weight excluding hydrogens is 264 g/mol. The second-order valence-electron chi connectivity index (χ2n) is 4.22. The van der Waals surface area contributed by atoms with E-state index in [0.29, 0.717) is 24.1 Å². The SMILES string of the molecule is CCCN(CCO)S(=O)(=O)c1cc(C#N)ccc1C. The molecule has 0 aliphatic rings. The van der Waals surface area contributed by atoms with Gasteiger partial charge in [0.05, 0.1) is 23.1 Å². The van der Waals surface area contributed by atoms with Crippen molar-refractivity contribution in [3.05, 3.63) is 29.3 Å². The van der Waals surface area contributed by atoms with Gasteiger partial charge in [0.25, 0.3) is 0 Å². The topological polar surface area (TPSA) is 81.4 Å². The van der Waals surface area contributed by atoms with Crippen molar-refractivity contribution in [3.8, 4) is 6.07 Å². The third-order valence-electron chi connectivity index (χ3n) is 2.76. The van der Waals surface area contributed by atoms with Crippen molar-refractivity contribution < 1.29 is 13.5 Å². The average Bonchev–Trinajstić information content (AvgIpc) is 2.39. The van der Waals surface area contributed by atoms with E-state index < -0.39 is 10.0 Å². The van der Waals surface area contributed by atoms with Gasteiger partial charge in [-0.1, -0.05) is 13.0 Å². The van der Waals surface area contributed by atoms with Crippen molar-refractivity contribution >= 4 is 10.0 Å². The standard InChI is InChI=1S/C13H18N2O3S/c1-3-6-15(7-8-16)19(17,18)13-9-12(10-14)5-4-11(13)2/h4-5,9,16H,3,6-8H2,1-2H3. The molecule has 0 fully saturated rings. The molecule has 0 atom stereocenters. The third kappa shape index (κ3) is 3.53. The lowest BCUT2D eigenvalue weighted by Gasteiger charge is -2.21. The van der Waals surface area contributed by atoms with Gasteiger partial charge in [-0.2, -0.15) is 9.57 Å². The minimum absolute atomic E-state index is 0.0619. The van der Waals surface area contributed by atoms with Crippen LogP contribution in [0.4, 0.5) is 0 Å². The highest BCUT2D eigenvalue weighted by Gasteiger charge is 2.25. The highest BCUT2D eigenvalue weighted by Crippen LogP contribution is 2.21. The van der Waals surface area contributed by atoms with Crippen LogP contribution < -0.4 is 0 Å². The number of aryl methyl sites for hydroxylation is 1. The Morgan fingerprint density at radius 1 is 1.37 bits per heavy atom. The maximum Gasteiger partial charge on any atom is 0.243 e. The Balaban J connectivity index is 3.28. The molecule has 5 nitrogen and oxygen atoms in total. The third-order valence-corrected chi connectivity index (χ3v) is 4.80. The fraction of sp³-hybridized carbons (Fsp3) is 0.462. The Bertz CT molecular complexity index is 570. The van der Waals surface area contributed by atoms with Crippen LogP contribution in [0.15, 0.2) is 23.1 Å². The molecule has 0 saturated carbocycles. The second-order valence-corrected chi connectivity index (χ2v) is 6.13. The second kappa shape index (κ2) is 6.66. The lowest BCUT2D eigenvalue weighted by Crippen LogP contribution is -2.34. The highest BCUT2D eigenvalue weighted by molar-refractivity contribution is 7.89. The van der Waals surface area contributed by atoms with E-state index in [2.05, 4.69) is 0 Å². The quantitative estimate of drug-likeness (QED) is 0.851. The molecule has 1 aromatic rings. The number of benzene rings is 1. The van der Waals surface area contributed by atoms with Crippen LogP contribution in [0.2, 0.25) is 0 Å². The van der Waals surface area contributed by atoms with Crippen molar-refractivity contribution in [3.63, 3.8) is 0 Å². The van der Waals surface area contributed by atoms with E-state index >= 15 is 0 Å². The number of rotatable bonds is 6. The summed E-state index contributed by atoms with van der Waals surface area (Å²) in [6.07, 6.45) is 0.663. The minimum Gasteiger partial charge on any atom is -0.395 e. The molecule has 0 heterocycles. The zero-order valence-electron chi connectivity index (χ0n) is 11.1. The van der Waals surface area contributed by atoms with Gasteiger partial charge in [-0.25, -0.2) is 8.42 Å². The van der Waals surface area contributed by atoms with Gasteiger partial charge >= 0.3 is 0 Å². The molecule has 0 aliphatic carbocycles. The molecule has 19 heavy (non-hydrogen) atoms. The molecule has 0 saturated heterocycles. The Morgan fingerprint density at radius 3 is 2.58 bits per heavy atom. The van der Waals surface area contributed by atoms with Gasteiger partial charge in [-0.05, 0) is 31.0 Å². The number of nitriles is 1. The molecule has 1 aromatic carbocycles. The van der Waals surface area contributed by atoms with Crippen molar-refractivity contribution in [1.29, 1.82) is 5.26 Å². The van der Waals surface area contributed by atoms with Crippen LogP contribution in [0.25, 0.3) is 0 Å². The summed E-state index contributed by atoms with van der Waals surface area (Å²) >= 11 is 0. The molecule has 0 radical (unpaired) electrons. The predicted octanol–water partition coefficient (Wildman–Crippen LogP) is 1.26. The smallest absolute Gasteiger partial charge is 0.243 e. The van der Waals surface area contributed by atoms with Gasteiger partial charge < -0.3 is 5.11 Å². The van der Waals surface area contributed by atoms with E-state index in [1.807, 2.05) is 13.0 Å². The summed E-state index contributed by atoms with van der Waals surface area (Å²) < 4.78 is 26.3. The van der Waals surface area contributed by atoms with Crippen molar-refractivity contribution in [2.45, 2.75) is 25.2 Å². The lowest BCUT2D eigenvalue weighted by molar-refractivity contribution is 0.253. The van der Waals surface area contributed by atoms with E-state index in [4.69, 9.17) is 10.4 Å². The Hall–Kier alpha value is -1.42. The number of nitrogens with zero attached hydrogens (tertiary/aromatic N) is 2. The number of aliphatic hydroxyl groups is 1. The number of sulfonamides is 1. The van der Waals surface area contributed by atoms with Crippen LogP contribution in [-0.2, 0) is 10.0 Å². The van der Waals surface area contributed by atoms with Gasteiger partial charge in [0.1, 0.15) is 0 Å². The number of aliphatic hydroxyl groups excluding tert-OH is 1. The summed E-state index contributed by atoms with van der Waals surface area (Å²) in [4.78, 5) is 0.133. The van der Waals surface area contributed by atoms with Crippen LogP contribution in [0, 0.1) is 18.3 Å². The summed E-state index contributed by atoms with van der Waals surface area (Å²) in [7, 11) is -3.67. The van der Waals surface area contributed by atoms with E-state index in [-0.39, 0.29) is 18.0 Å². The van der Waals surface area contributed by atoms with Crippen molar-refractivity contribution in [2.24, 2.45) is 0 Å². The van der Waals surface area contributed by atoms with E-state index in [1.54, 1.807) is 19.1 Å². The zero-order chi connectivity index (χ0) is 14.5. The molecule has 1 N–H and O–H groups in total. The van der Waals surface area contributed by atoms with Crippen LogP contribution in [0.1, 0.15) is 24.5 Å². The molecule has 0 aliphatic heterocycles. The molecule has 0 aromatic heterocycles. The summed E-state index contributed by atoms with van der Waals surface area (Å²) in [5.74, 6) is 0. The predicted molar refractivity (Wildman–Crippen MR) is 72.0 cm³/mol. The average molecular weight is 282 g/mol. The normalized spacial score (nSPS) is 11.5. The van der Waals surface area contributed by atoms with Crippen molar-refractivity contribution in [1.82, 2.24) is 4.31 Å². The number of hydrogen-bond acceptors (Lipinski definition) is 4. The fourth-order valence-electron chi connectivity index (χ4n) is 1.80. The first-order chi connectivity index (χ1) is 8.97. The lowest BCUT2D eigenvalue weighted by atomic mass is 10.2. The molecule has 0 amide bonds. The molecular formula is C13H18N2O3S. The first kappa shape index (κ1) is 15.6. The zero-order valence-corrected chi connectivity index (χ0v) is 11.9. The monoisotopic (exact) mass is 282 g/mol. The molecule has 0 spiro atoms. The Labute approximate surface area is 114 Å². The molecule has 0 unspecified atom stereocenters. The van der Waals surface area contributed by atoms with Gasteiger partial charge in [0.15, 0.2) is 0 Å². The maximum atomic E-state index is 12.5. The molecule has 0 bridgehead atoms. The summed E-state index contributed by atoms with van der Waals surface area (Å²) in [6, 6.07) is 6.52. The van der Waals surface area contributed by atoms with E-state index in [1.165, 1.54) is 10.4 Å².